The van der Waals surface area contributed by atoms with E-state index < -0.39 is 0 Å². The summed E-state index contributed by atoms with van der Waals surface area (Å²) < 4.78 is 4.73. The van der Waals surface area contributed by atoms with Crippen LogP contribution in [0.4, 0.5) is 0 Å². The van der Waals surface area contributed by atoms with E-state index in [1.54, 1.807) is 0 Å². The van der Waals surface area contributed by atoms with Gasteiger partial charge in [0, 0.05) is 0 Å². The molecule has 0 heterocycles. The minimum atomic E-state index is -0.337. The normalized spacial score (nSPS) is 11.1. The van der Waals surface area contributed by atoms with Gasteiger partial charge in [-0.05, 0) is 0 Å². The van der Waals surface area contributed by atoms with Gasteiger partial charge in [0.2, 0.25) is 0 Å². The Morgan fingerprint density at radius 1 is 1.67 bits per heavy atom. The van der Waals surface area contributed by atoms with Crippen LogP contribution in [-0.4, -0.2) is 16.7 Å². The summed E-state index contributed by atoms with van der Waals surface area (Å²) in [7, 11) is 0. The molecule has 0 spiro atoms. The predicted octanol–water partition coefficient (Wildman–Crippen LogP) is -1.85. The Morgan fingerprint density at radius 2 is 2.33 bits per heavy atom. The van der Waals surface area contributed by atoms with Crippen LogP contribution in [0.1, 0.15) is 19.8 Å². The third-order valence-electron chi connectivity index (χ3n) is 0.840. The summed E-state index contributed by atoms with van der Waals surface area (Å²) in [5.41, 5.74) is 0. The number of halogens is 1. The quantitative estimate of drug-likeness (QED) is 0.324. The Morgan fingerprint density at radius 3 is 2.78 bits per heavy atom. The van der Waals surface area contributed by atoms with E-state index in [1.807, 2.05) is 4.93 Å². The first-order valence-electron chi connectivity index (χ1n) is 2.92. The molecule has 0 radical (unpaired) electrons. The standard InChI is InChI=1S/C5H12INO2/c1-3-4-5-7(8)9-6-2/h3-5H2,1-2H3/q-2. The summed E-state index contributed by atoms with van der Waals surface area (Å²) in [6.45, 7) is 2.57. The van der Waals surface area contributed by atoms with Gasteiger partial charge in [-0.2, -0.15) is 0 Å². The maximum absolute atomic E-state index is 10.5. The molecule has 0 fully saturated rings. The molecule has 0 aliphatic rings. The number of hydroxylamine groups is 2. The van der Waals surface area contributed by atoms with Crippen molar-refractivity contribution in [2.24, 2.45) is 0 Å². The Labute approximate surface area is 66.7 Å². The molecule has 0 N–H and O–H groups in total. The van der Waals surface area contributed by atoms with E-state index in [1.165, 1.54) is 0 Å². The second-order valence-electron chi connectivity index (χ2n) is 1.63. The number of alkyl halides is 1. The van der Waals surface area contributed by atoms with E-state index in [4.69, 9.17) is 3.17 Å². The SMILES string of the molecule is CCCCN([O-])O[I-]C. The first kappa shape index (κ1) is 9.61. The molecule has 4 heteroatoms. The van der Waals surface area contributed by atoms with E-state index in [-0.39, 0.29) is 21.6 Å². The molecular weight excluding hydrogens is 233 g/mol. The zero-order chi connectivity index (χ0) is 7.11. The molecule has 0 aromatic rings. The van der Waals surface area contributed by atoms with E-state index in [9.17, 15) is 5.21 Å². The Bertz CT molecular complexity index is 62.9. The van der Waals surface area contributed by atoms with E-state index in [0.717, 1.165) is 12.8 Å². The third-order valence-corrected chi connectivity index (χ3v) is 1.67. The second-order valence-corrected chi connectivity index (χ2v) is 2.91. The van der Waals surface area contributed by atoms with Crippen LogP contribution in [0.5, 0.6) is 0 Å². The van der Waals surface area contributed by atoms with Crippen LogP contribution in [0.25, 0.3) is 0 Å². The van der Waals surface area contributed by atoms with Gasteiger partial charge in [-0.3, -0.25) is 0 Å². The molecule has 9 heavy (non-hydrogen) atoms. The van der Waals surface area contributed by atoms with Crippen LogP contribution < -0.4 is 21.6 Å². The fourth-order valence-corrected chi connectivity index (χ4v) is 1.03. The first-order chi connectivity index (χ1) is 4.31. The second kappa shape index (κ2) is 6.73. The summed E-state index contributed by atoms with van der Waals surface area (Å²) in [5, 5.41) is 11.2. The van der Waals surface area contributed by atoms with Gasteiger partial charge in [0.15, 0.2) is 0 Å². The van der Waals surface area contributed by atoms with Gasteiger partial charge in [-0.15, -0.1) is 0 Å². The van der Waals surface area contributed by atoms with E-state index in [0.29, 0.717) is 11.8 Å². The molecule has 0 unspecified atom stereocenters. The minimum absolute atomic E-state index is 0.337. The third kappa shape index (κ3) is 6.50. The molecule has 0 aromatic carbocycles. The molecule has 0 rings (SSSR count). The van der Waals surface area contributed by atoms with E-state index in [2.05, 4.69) is 6.92 Å². The number of rotatable bonds is 5. The van der Waals surface area contributed by atoms with Crippen LogP contribution in [0.15, 0.2) is 0 Å². The number of unbranched alkanes of at least 4 members (excludes halogenated alkanes) is 1. The molecule has 3 nitrogen and oxygen atoms in total. The zero-order valence-corrected chi connectivity index (χ0v) is 7.92. The fraction of sp³-hybridized carbons (Fsp3) is 1.00. The van der Waals surface area contributed by atoms with Crippen molar-refractivity contribution >= 4 is 0 Å². The Balaban J connectivity index is 2.95. The van der Waals surface area contributed by atoms with E-state index >= 15 is 0 Å². The van der Waals surface area contributed by atoms with Crippen LogP contribution in [-0.2, 0) is 3.17 Å². The topological polar surface area (TPSA) is 35.5 Å². The molecule has 0 aliphatic carbocycles. The summed E-state index contributed by atoms with van der Waals surface area (Å²) in [5.74, 6) is 0. The van der Waals surface area contributed by atoms with Crippen molar-refractivity contribution in [1.82, 2.24) is 5.23 Å². The summed E-state index contributed by atoms with van der Waals surface area (Å²) in [6, 6.07) is 0. The summed E-state index contributed by atoms with van der Waals surface area (Å²) in [6.07, 6.45) is 1.97. The monoisotopic (exact) mass is 245 g/mol. The van der Waals surface area contributed by atoms with Crippen molar-refractivity contribution in [3.63, 3.8) is 0 Å². The van der Waals surface area contributed by atoms with Crippen molar-refractivity contribution in [3.8, 4) is 0 Å². The zero-order valence-electron chi connectivity index (χ0n) is 5.76. The summed E-state index contributed by atoms with van der Waals surface area (Å²) >= 11 is -0.337. The van der Waals surface area contributed by atoms with Crippen molar-refractivity contribution in [3.05, 3.63) is 5.21 Å². The van der Waals surface area contributed by atoms with Crippen molar-refractivity contribution in [2.75, 3.05) is 11.5 Å². The van der Waals surface area contributed by atoms with Crippen molar-refractivity contribution < 1.29 is 24.8 Å². The molecule has 0 saturated carbocycles. The van der Waals surface area contributed by atoms with Gasteiger partial charge in [0.1, 0.15) is 0 Å². The molecule has 0 aromatic heterocycles. The molecular formula is C5H12INO2-2. The van der Waals surface area contributed by atoms with Gasteiger partial charge in [-0.25, -0.2) is 0 Å². The number of hydrogen-bond acceptors (Lipinski definition) is 3. The van der Waals surface area contributed by atoms with Crippen molar-refractivity contribution in [2.45, 2.75) is 19.8 Å². The van der Waals surface area contributed by atoms with Crippen LogP contribution in [0.3, 0.4) is 0 Å². The molecule has 0 amide bonds. The predicted molar refractivity (Wildman–Crippen MR) is 32.0 cm³/mol. The number of nitrogens with zero attached hydrogens (tertiary/aromatic N) is 1. The van der Waals surface area contributed by atoms with Crippen LogP contribution in [0, 0.1) is 5.21 Å². The van der Waals surface area contributed by atoms with Crippen LogP contribution >= 0.6 is 0 Å². The Kier molecular flexibility index (Phi) is 7.18. The van der Waals surface area contributed by atoms with Gasteiger partial charge in [0.05, 0.1) is 0 Å². The molecule has 0 saturated heterocycles. The van der Waals surface area contributed by atoms with Crippen molar-refractivity contribution in [1.29, 1.82) is 0 Å². The molecule has 0 bridgehead atoms. The van der Waals surface area contributed by atoms with Gasteiger partial charge in [-0.1, -0.05) is 0 Å². The van der Waals surface area contributed by atoms with Gasteiger partial charge in [0.25, 0.3) is 0 Å². The fourth-order valence-electron chi connectivity index (χ4n) is 0.399. The average molecular weight is 245 g/mol. The maximum atomic E-state index is 10.5. The Hall–Kier alpha value is 0.610. The van der Waals surface area contributed by atoms with Gasteiger partial charge < -0.3 is 0 Å². The first-order valence-corrected chi connectivity index (χ1v) is 5.96. The molecule has 0 aliphatic heterocycles. The van der Waals surface area contributed by atoms with Crippen LogP contribution in [0.2, 0.25) is 0 Å². The molecule has 0 atom stereocenters. The van der Waals surface area contributed by atoms with Gasteiger partial charge >= 0.3 is 66.5 Å². The number of hydrogen-bond donors (Lipinski definition) is 0. The molecule has 58 valence electrons. The average Bonchev–Trinajstić information content (AvgIpc) is 1.85. The summed E-state index contributed by atoms with van der Waals surface area (Å²) in [4.78, 5) is 1.91.